The molecule has 0 aliphatic rings. The van der Waals surface area contributed by atoms with E-state index in [2.05, 4.69) is 24.5 Å². The van der Waals surface area contributed by atoms with Crippen molar-refractivity contribution in [3.63, 3.8) is 0 Å². The van der Waals surface area contributed by atoms with Gasteiger partial charge < -0.3 is 5.32 Å². The lowest BCUT2D eigenvalue weighted by atomic mass is 9.95. The molecule has 5 nitrogen and oxygen atoms in total. The summed E-state index contributed by atoms with van der Waals surface area (Å²) in [6, 6.07) is 3.71. The van der Waals surface area contributed by atoms with E-state index in [0.717, 1.165) is 19.3 Å². The summed E-state index contributed by atoms with van der Waals surface area (Å²) < 4.78 is 1.78. The zero-order chi connectivity index (χ0) is 16.5. The lowest BCUT2D eigenvalue weighted by molar-refractivity contribution is -0.684. The van der Waals surface area contributed by atoms with Crippen molar-refractivity contribution in [3.05, 3.63) is 30.1 Å². The molecule has 0 unspecified atom stereocenters. The largest absolute Gasteiger partial charge is 0.335 e. The molecule has 0 aromatic carbocycles. The minimum atomic E-state index is -0.436. The molecular weight excluding hydrogens is 278 g/mol. The molecule has 0 bridgehead atoms. The maximum absolute atomic E-state index is 11.8. The standard InChI is InChI=1S/C17H27N3O2/c1-5-13(4)18-17(22)19-16(21)12-20-10-8-15(9-11-20)14(6-2)7-3/h8-11,13-14H,5-7,12H2,1-4H3,(H-,18,19,21,22)/p+1/t13-/m0/s1. The number of pyridine rings is 1. The van der Waals surface area contributed by atoms with Gasteiger partial charge in [0, 0.05) is 18.2 Å². The molecular formula is C17H28N3O2+. The maximum atomic E-state index is 11.8. The van der Waals surface area contributed by atoms with Crippen LogP contribution in [0.4, 0.5) is 4.79 Å². The number of carbonyl (C=O) groups excluding carboxylic acids is 2. The number of rotatable bonds is 7. The van der Waals surface area contributed by atoms with Crippen LogP contribution in [0.3, 0.4) is 0 Å². The Labute approximate surface area is 133 Å². The van der Waals surface area contributed by atoms with Gasteiger partial charge in [-0.1, -0.05) is 20.8 Å². The average molecular weight is 306 g/mol. The van der Waals surface area contributed by atoms with E-state index in [1.54, 1.807) is 4.57 Å². The van der Waals surface area contributed by atoms with Crippen LogP contribution < -0.4 is 15.2 Å². The summed E-state index contributed by atoms with van der Waals surface area (Å²) in [6.45, 7) is 8.37. The average Bonchev–Trinajstić information content (AvgIpc) is 2.49. The number of urea groups is 1. The molecule has 22 heavy (non-hydrogen) atoms. The van der Waals surface area contributed by atoms with Gasteiger partial charge in [0.25, 0.3) is 5.91 Å². The van der Waals surface area contributed by atoms with Crippen molar-refractivity contribution in [2.24, 2.45) is 0 Å². The number of imide groups is 1. The number of hydrogen-bond acceptors (Lipinski definition) is 2. The fraction of sp³-hybridized carbons (Fsp3) is 0.588. The molecule has 0 spiro atoms. The van der Waals surface area contributed by atoms with Crippen LogP contribution in [0.25, 0.3) is 0 Å². The smallest absolute Gasteiger partial charge is 0.321 e. The van der Waals surface area contributed by atoms with E-state index in [-0.39, 0.29) is 18.5 Å². The first-order chi connectivity index (χ1) is 10.5. The van der Waals surface area contributed by atoms with Crippen molar-refractivity contribution in [3.8, 4) is 0 Å². The predicted molar refractivity (Wildman–Crippen MR) is 86.4 cm³/mol. The van der Waals surface area contributed by atoms with Crippen LogP contribution in [0, 0.1) is 0 Å². The Morgan fingerprint density at radius 2 is 1.68 bits per heavy atom. The molecule has 0 saturated carbocycles. The zero-order valence-corrected chi connectivity index (χ0v) is 14.1. The second kappa shape index (κ2) is 9.18. The summed E-state index contributed by atoms with van der Waals surface area (Å²) in [6.07, 6.45) is 6.82. The van der Waals surface area contributed by atoms with Gasteiger partial charge in [0.1, 0.15) is 0 Å². The Morgan fingerprint density at radius 1 is 1.09 bits per heavy atom. The molecule has 0 aliphatic carbocycles. The van der Waals surface area contributed by atoms with E-state index in [1.807, 2.05) is 38.4 Å². The summed E-state index contributed by atoms with van der Waals surface area (Å²) in [5, 5.41) is 5.05. The van der Waals surface area contributed by atoms with E-state index < -0.39 is 6.03 Å². The highest BCUT2D eigenvalue weighted by molar-refractivity contribution is 5.93. The van der Waals surface area contributed by atoms with Gasteiger partial charge in [-0.2, -0.15) is 4.57 Å². The van der Waals surface area contributed by atoms with Gasteiger partial charge >= 0.3 is 6.03 Å². The molecule has 1 aromatic heterocycles. The minimum absolute atomic E-state index is 0.0553. The molecule has 1 atom stereocenters. The molecule has 122 valence electrons. The number of amides is 3. The van der Waals surface area contributed by atoms with E-state index in [4.69, 9.17) is 0 Å². The molecule has 0 saturated heterocycles. The first-order valence-corrected chi connectivity index (χ1v) is 8.09. The van der Waals surface area contributed by atoms with Crippen LogP contribution in [0.15, 0.2) is 24.5 Å². The molecule has 3 amide bonds. The Morgan fingerprint density at radius 3 is 2.18 bits per heavy atom. The predicted octanol–water partition coefficient (Wildman–Crippen LogP) is 2.50. The van der Waals surface area contributed by atoms with Crippen molar-refractivity contribution >= 4 is 11.9 Å². The Balaban J connectivity index is 2.53. The monoisotopic (exact) mass is 306 g/mol. The zero-order valence-electron chi connectivity index (χ0n) is 14.1. The Kier molecular flexibility index (Phi) is 7.57. The third-order valence-corrected chi connectivity index (χ3v) is 3.94. The highest BCUT2D eigenvalue weighted by atomic mass is 16.2. The van der Waals surface area contributed by atoms with Gasteiger partial charge in [0.05, 0.1) is 0 Å². The topological polar surface area (TPSA) is 62.1 Å². The molecule has 1 rings (SSSR count). The highest BCUT2D eigenvalue weighted by Crippen LogP contribution is 2.21. The summed E-state index contributed by atoms with van der Waals surface area (Å²) in [5.74, 6) is 0.242. The molecule has 5 heteroatoms. The summed E-state index contributed by atoms with van der Waals surface area (Å²) in [7, 11) is 0. The molecule has 1 heterocycles. The second-order valence-corrected chi connectivity index (χ2v) is 5.65. The lowest BCUT2D eigenvalue weighted by Gasteiger charge is -2.12. The van der Waals surface area contributed by atoms with Crippen molar-refractivity contribution < 1.29 is 14.2 Å². The van der Waals surface area contributed by atoms with Gasteiger partial charge in [0.15, 0.2) is 12.4 Å². The van der Waals surface area contributed by atoms with Crippen LogP contribution in [-0.4, -0.2) is 18.0 Å². The van der Waals surface area contributed by atoms with Gasteiger partial charge in [-0.05, 0) is 37.7 Å². The van der Waals surface area contributed by atoms with Gasteiger partial charge in [-0.15, -0.1) is 0 Å². The molecule has 1 aromatic rings. The fourth-order valence-electron chi connectivity index (χ4n) is 2.30. The van der Waals surface area contributed by atoms with Crippen molar-refractivity contribution in [2.75, 3.05) is 0 Å². The van der Waals surface area contributed by atoms with Crippen LogP contribution in [0.1, 0.15) is 58.4 Å². The van der Waals surface area contributed by atoms with E-state index in [0.29, 0.717) is 5.92 Å². The van der Waals surface area contributed by atoms with Crippen molar-refractivity contribution in [2.45, 2.75) is 65.5 Å². The summed E-state index contributed by atoms with van der Waals surface area (Å²) in [5.41, 5.74) is 1.29. The van der Waals surface area contributed by atoms with Crippen LogP contribution in [0.2, 0.25) is 0 Å². The second-order valence-electron chi connectivity index (χ2n) is 5.65. The number of aromatic nitrogens is 1. The van der Waals surface area contributed by atoms with E-state index in [9.17, 15) is 9.59 Å². The van der Waals surface area contributed by atoms with Crippen molar-refractivity contribution in [1.82, 2.24) is 10.6 Å². The fourth-order valence-corrected chi connectivity index (χ4v) is 2.30. The highest BCUT2D eigenvalue weighted by Gasteiger charge is 2.15. The molecule has 0 aliphatic heterocycles. The van der Waals surface area contributed by atoms with Crippen LogP contribution >= 0.6 is 0 Å². The van der Waals surface area contributed by atoms with Gasteiger partial charge in [0.2, 0.25) is 6.54 Å². The minimum Gasteiger partial charge on any atom is -0.335 e. The SMILES string of the molecule is CCC(CC)c1cc[n+](CC(=O)NC(=O)N[C@@H](C)CC)cc1. The van der Waals surface area contributed by atoms with Crippen LogP contribution in [0.5, 0.6) is 0 Å². The van der Waals surface area contributed by atoms with E-state index >= 15 is 0 Å². The molecule has 2 N–H and O–H groups in total. The number of carbonyl (C=O) groups is 2. The Bertz CT molecular complexity index is 481. The third-order valence-electron chi connectivity index (χ3n) is 3.94. The summed E-state index contributed by atoms with van der Waals surface area (Å²) >= 11 is 0. The maximum Gasteiger partial charge on any atom is 0.321 e. The lowest BCUT2D eigenvalue weighted by Crippen LogP contribution is -2.48. The first-order valence-electron chi connectivity index (χ1n) is 8.09. The van der Waals surface area contributed by atoms with Crippen LogP contribution in [-0.2, 0) is 11.3 Å². The van der Waals surface area contributed by atoms with Gasteiger partial charge in [-0.3, -0.25) is 10.1 Å². The normalized spacial score (nSPS) is 12.0. The number of hydrogen-bond donors (Lipinski definition) is 2. The van der Waals surface area contributed by atoms with E-state index in [1.165, 1.54) is 5.56 Å². The number of nitrogens with one attached hydrogen (secondary N) is 2. The Hall–Kier alpha value is -1.91. The third kappa shape index (κ3) is 5.84. The molecule has 0 radical (unpaired) electrons. The number of nitrogens with zero attached hydrogens (tertiary/aromatic N) is 1. The molecule has 0 fully saturated rings. The van der Waals surface area contributed by atoms with Gasteiger partial charge in [-0.25, -0.2) is 4.79 Å². The summed E-state index contributed by atoms with van der Waals surface area (Å²) in [4.78, 5) is 23.4. The quantitative estimate of drug-likeness (QED) is 0.760. The van der Waals surface area contributed by atoms with Crippen molar-refractivity contribution in [1.29, 1.82) is 0 Å². The first kappa shape index (κ1) is 18.1.